The van der Waals surface area contributed by atoms with E-state index >= 15 is 0 Å². The van der Waals surface area contributed by atoms with Gasteiger partial charge in [0.1, 0.15) is 0 Å². The van der Waals surface area contributed by atoms with Crippen molar-refractivity contribution in [3.05, 3.63) is 27.1 Å². The van der Waals surface area contributed by atoms with Crippen molar-refractivity contribution >= 4 is 16.3 Å². The molecule has 1 unspecified atom stereocenters. The van der Waals surface area contributed by atoms with Gasteiger partial charge in [-0.1, -0.05) is 11.3 Å². The van der Waals surface area contributed by atoms with Crippen LogP contribution in [0.15, 0.2) is 12.1 Å². The number of aliphatic hydroxyl groups excluding tert-OH is 1. The number of thiophene rings is 1. The van der Waals surface area contributed by atoms with E-state index in [1.54, 1.807) is 13.0 Å². The minimum absolute atomic E-state index is 0.0473. The molecule has 0 fully saturated rings. The van der Waals surface area contributed by atoms with Crippen molar-refractivity contribution in [2.75, 3.05) is 0 Å². The second-order valence-electron chi connectivity index (χ2n) is 2.70. The lowest BCUT2D eigenvalue weighted by Crippen LogP contribution is -2.21. The average Bonchev–Trinajstić information content (AvgIpc) is 2.50. The molecular weight excluding hydrogens is 192 g/mol. The van der Waals surface area contributed by atoms with E-state index in [-0.39, 0.29) is 5.00 Å². The molecule has 0 saturated heterocycles. The predicted octanol–water partition coefficient (Wildman–Crippen LogP) is 1.04. The van der Waals surface area contributed by atoms with Crippen LogP contribution in [-0.2, 0) is 0 Å². The van der Waals surface area contributed by atoms with Crippen molar-refractivity contribution in [2.45, 2.75) is 19.1 Å². The minimum atomic E-state index is -0.696. The number of aliphatic hydroxyl groups is 1. The number of hydrogen-bond acceptors (Lipinski definition) is 5. The van der Waals surface area contributed by atoms with E-state index in [4.69, 9.17) is 10.8 Å². The maximum atomic E-state index is 10.3. The smallest absolute Gasteiger partial charge is 0.324 e. The second-order valence-corrected chi connectivity index (χ2v) is 3.79. The van der Waals surface area contributed by atoms with Crippen LogP contribution in [0, 0.1) is 10.1 Å². The largest absolute Gasteiger partial charge is 0.391 e. The van der Waals surface area contributed by atoms with E-state index in [9.17, 15) is 10.1 Å². The number of nitrogens with zero attached hydrogens (tertiary/aromatic N) is 1. The lowest BCUT2D eigenvalue weighted by Gasteiger charge is -2.11. The van der Waals surface area contributed by atoms with E-state index < -0.39 is 17.1 Å². The highest BCUT2D eigenvalue weighted by Crippen LogP contribution is 2.28. The van der Waals surface area contributed by atoms with Crippen molar-refractivity contribution < 1.29 is 10.0 Å². The topological polar surface area (TPSA) is 89.4 Å². The molecular formula is C7H10N2O3S. The van der Waals surface area contributed by atoms with Crippen molar-refractivity contribution in [3.63, 3.8) is 0 Å². The zero-order chi connectivity index (χ0) is 10.0. The van der Waals surface area contributed by atoms with E-state index in [1.807, 2.05) is 0 Å². The zero-order valence-electron chi connectivity index (χ0n) is 7.01. The third-order valence-corrected chi connectivity index (χ3v) is 2.78. The Morgan fingerprint density at radius 2 is 2.31 bits per heavy atom. The van der Waals surface area contributed by atoms with Crippen LogP contribution in [-0.4, -0.2) is 16.1 Å². The Morgan fingerprint density at radius 1 is 1.69 bits per heavy atom. The molecule has 2 atom stereocenters. The molecule has 72 valence electrons. The molecule has 0 bridgehead atoms. The van der Waals surface area contributed by atoms with Gasteiger partial charge in [-0.15, -0.1) is 0 Å². The Kier molecular flexibility index (Phi) is 2.97. The van der Waals surface area contributed by atoms with Gasteiger partial charge in [-0.3, -0.25) is 10.1 Å². The van der Waals surface area contributed by atoms with E-state index in [0.29, 0.717) is 4.88 Å². The predicted molar refractivity (Wildman–Crippen MR) is 49.6 cm³/mol. The SMILES string of the molecule is CC(O)[C@H](N)c1ccc([N+](=O)[O-])s1. The summed E-state index contributed by atoms with van der Waals surface area (Å²) in [4.78, 5) is 10.5. The van der Waals surface area contributed by atoms with Crippen LogP contribution in [0.1, 0.15) is 17.8 Å². The molecule has 1 heterocycles. The van der Waals surface area contributed by atoms with Gasteiger partial charge in [0.15, 0.2) is 0 Å². The quantitative estimate of drug-likeness (QED) is 0.566. The Balaban J connectivity index is 2.85. The molecule has 0 aliphatic heterocycles. The van der Waals surface area contributed by atoms with Crippen LogP contribution in [0.25, 0.3) is 0 Å². The normalized spacial score (nSPS) is 15.3. The molecule has 6 heteroatoms. The van der Waals surface area contributed by atoms with Gasteiger partial charge in [0, 0.05) is 10.9 Å². The van der Waals surface area contributed by atoms with Gasteiger partial charge >= 0.3 is 5.00 Å². The summed E-state index contributed by atoms with van der Waals surface area (Å²) in [6.45, 7) is 1.55. The molecule has 0 spiro atoms. The first-order valence-electron chi connectivity index (χ1n) is 3.70. The number of rotatable bonds is 3. The molecule has 1 aromatic heterocycles. The van der Waals surface area contributed by atoms with E-state index in [1.165, 1.54) is 6.07 Å². The van der Waals surface area contributed by atoms with Crippen LogP contribution in [0.5, 0.6) is 0 Å². The van der Waals surface area contributed by atoms with Crippen molar-refractivity contribution in [1.29, 1.82) is 0 Å². The molecule has 3 N–H and O–H groups in total. The molecule has 0 radical (unpaired) electrons. The number of nitrogens with two attached hydrogens (primary N) is 1. The first-order chi connectivity index (χ1) is 6.02. The Bertz CT molecular complexity index is 310. The molecule has 0 aliphatic rings. The summed E-state index contributed by atoms with van der Waals surface area (Å²) >= 11 is 0.993. The Morgan fingerprint density at radius 3 is 2.69 bits per heavy atom. The molecule has 0 aliphatic carbocycles. The fourth-order valence-corrected chi connectivity index (χ4v) is 1.78. The molecule has 5 nitrogen and oxygen atoms in total. The fraction of sp³-hybridized carbons (Fsp3) is 0.429. The van der Waals surface area contributed by atoms with Crippen LogP contribution in [0.3, 0.4) is 0 Å². The van der Waals surface area contributed by atoms with Crippen LogP contribution in [0.4, 0.5) is 5.00 Å². The van der Waals surface area contributed by atoms with E-state index in [2.05, 4.69) is 0 Å². The van der Waals surface area contributed by atoms with Gasteiger partial charge in [-0.25, -0.2) is 0 Å². The van der Waals surface area contributed by atoms with Gasteiger partial charge in [-0.05, 0) is 13.0 Å². The summed E-state index contributed by atoms with van der Waals surface area (Å²) in [6.07, 6.45) is -0.696. The first kappa shape index (κ1) is 10.1. The second kappa shape index (κ2) is 3.82. The number of hydrogen-bond donors (Lipinski definition) is 2. The van der Waals surface area contributed by atoms with Crippen molar-refractivity contribution in [1.82, 2.24) is 0 Å². The highest BCUT2D eigenvalue weighted by Gasteiger charge is 2.17. The highest BCUT2D eigenvalue weighted by atomic mass is 32.1. The molecule has 0 aromatic carbocycles. The highest BCUT2D eigenvalue weighted by molar-refractivity contribution is 7.15. The third kappa shape index (κ3) is 2.24. The van der Waals surface area contributed by atoms with Gasteiger partial charge < -0.3 is 10.8 Å². The molecule has 1 aromatic rings. The summed E-state index contributed by atoms with van der Waals surface area (Å²) in [7, 11) is 0. The monoisotopic (exact) mass is 202 g/mol. The Hall–Kier alpha value is -0.980. The van der Waals surface area contributed by atoms with Gasteiger partial charge in [0.2, 0.25) is 0 Å². The number of nitro groups is 1. The van der Waals surface area contributed by atoms with Crippen molar-refractivity contribution in [2.24, 2.45) is 5.73 Å². The summed E-state index contributed by atoms with van der Waals surface area (Å²) in [5, 5.41) is 19.5. The van der Waals surface area contributed by atoms with Crippen molar-refractivity contribution in [3.8, 4) is 0 Å². The maximum absolute atomic E-state index is 10.3. The van der Waals surface area contributed by atoms with Crippen LogP contribution >= 0.6 is 11.3 Å². The first-order valence-corrected chi connectivity index (χ1v) is 4.52. The maximum Gasteiger partial charge on any atom is 0.324 e. The zero-order valence-corrected chi connectivity index (χ0v) is 7.82. The summed E-state index contributed by atoms with van der Waals surface area (Å²) < 4.78 is 0. The lowest BCUT2D eigenvalue weighted by atomic mass is 10.2. The van der Waals surface area contributed by atoms with Crippen LogP contribution < -0.4 is 5.73 Å². The summed E-state index contributed by atoms with van der Waals surface area (Å²) in [6, 6.07) is 2.42. The fourth-order valence-electron chi connectivity index (χ4n) is 0.857. The summed E-state index contributed by atoms with van der Waals surface area (Å²) in [5.74, 6) is 0. The standard InChI is InChI=1S/C7H10N2O3S/c1-4(10)7(8)5-2-3-6(13-5)9(11)12/h2-4,7,10H,8H2,1H3/t4?,7-/m0/s1. The van der Waals surface area contributed by atoms with Gasteiger partial charge in [0.25, 0.3) is 0 Å². The molecule has 13 heavy (non-hydrogen) atoms. The third-order valence-electron chi connectivity index (χ3n) is 1.64. The average molecular weight is 202 g/mol. The summed E-state index contributed by atoms with van der Waals surface area (Å²) in [5.41, 5.74) is 5.59. The van der Waals surface area contributed by atoms with E-state index in [0.717, 1.165) is 11.3 Å². The molecule has 1 rings (SSSR count). The molecule has 0 saturated carbocycles. The lowest BCUT2D eigenvalue weighted by molar-refractivity contribution is -0.380. The van der Waals surface area contributed by atoms with Crippen LogP contribution in [0.2, 0.25) is 0 Å². The molecule has 0 amide bonds. The minimum Gasteiger partial charge on any atom is -0.391 e. The Labute approximate surface area is 79.0 Å². The van der Waals surface area contributed by atoms with Gasteiger partial charge in [0.05, 0.1) is 17.1 Å². The van der Waals surface area contributed by atoms with Gasteiger partial charge in [-0.2, -0.15) is 0 Å².